The number of allylic oxidation sites excluding steroid dienone is 3. The lowest BCUT2D eigenvalue weighted by atomic mass is 10.0. The van der Waals surface area contributed by atoms with Gasteiger partial charge in [0.25, 0.3) is 0 Å². The van der Waals surface area contributed by atoms with Crippen LogP contribution in [0.4, 0.5) is 0 Å². The first-order chi connectivity index (χ1) is 6.42. The Morgan fingerprint density at radius 1 is 1.31 bits per heavy atom. The molecular weight excluding hydrogens is 162 g/mol. The van der Waals surface area contributed by atoms with E-state index in [1.165, 1.54) is 6.08 Å². The van der Waals surface area contributed by atoms with E-state index in [0.29, 0.717) is 0 Å². The van der Waals surface area contributed by atoms with Gasteiger partial charge in [0.1, 0.15) is 5.75 Å². The van der Waals surface area contributed by atoms with Crippen LogP contribution < -0.4 is 4.74 Å². The van der Waals surface area contributed by atoms with Crippen molar-refractivity contribution in [2.45, 2.75) is 0 Å². The molecule has 13 heavy (non-hydrogen) atoms. The van der Waals surface area contributed by atoms with Crippen LogP contribution in [0, 0.1) is 11.3 Å². The fourth-order valence-corrected chi connectivity index (χ4v) is 1.27. The van der Waals surface area contributed by atoms with Crippen LogP contribution in [0.15, 0.2) is 42.7 Å². The maximum Gasteiger partial charge on any atom is 0.134 e. The van der Waals surface area contributed by atoms with Crippen molar-refractivity contribution in [3.63, 3.8) is 0 Å². The molecule has 0 fully saturated rings. The highest BCUT2D eigenvalue weighted by Gasteiger charge is 2.08. The van der Waals surface area contributed by atoms with Gasteiger partial charge in [0.2, 0.25) is 0 Å². The zero-order valence-electron chi connectivity index (χ0n) is 6.90. The molecule has 1 aromatic carbocycles. The molecule has 0 spiro atoms. The predicted molar refractivity (Wildman–Crippen MR) is 49.8 cm³/mol. The lowest BCUT2D eigenvalue weighted by molar-refractivity contribution is 0.476. The molecule has 2 heteroatoms. The molecule has 0 saturated carbocycles. The Morgan fingerprint density at radius 3 is 3.00 bits per heavy atom. The molecule has 0 saturated heterocycles. The Labute approximate surface area is 76.4 Å². The van der Waals surface area contributed by atoms with Crippen LogP contribution in [-0.4, -0.2) is 0 Å². The summed E-state index contributed by atoms with van der Waals surface area (Å²) < 4.78 is 5.27. The second-order valence-corrected chi connectivity index (χ2v) is 2.65. The molecule has 0 unspecified atom stereocenters. The fourth-order valence-electron chi connectivity index (χ4n) is 1.27. The Hall–Kier alpha value is -2.01. The van der Waals surface area contributed by atoms with E-state index < -0.39 is 0 Å². The molecule has 1 aromatic rings. The standard InChI is InChI=1S/C11H7NO/c12-7-5-9-6-8-13-11-4-2-1-3-10(9)11/h1-6,8H/b9-5+. The third-order valence-electron chi connectivity index (χ3n) is 1.86. The summed E-state index contributed by atoms with van der Waals surface area (Å²) in [4.78, 5) is 0. The van der Waals surface area contributed by atoms with Gasteiger partial charge in [0.05, 0.1) is 12.3 Å². The lowest BCUT2D eigenvalue weighted by Gasteiger charge is -2.12. The van der Waals surface area contributed by atoms with Crippen LogP contribution in [0.2, 0.25) is 0 Å². The fraction of sp³-hybridized carbons (Fsp3) is 0. The topological polar surface area (TPSA) is 33.0 Å². The van der Waals surface area contributed by atoms with Crippen LogP contribution in [-0.2, 0) is 0 Å². The van der Waals surface area contributed by atoms with E-state index in [-0.39, 0.29) is 0 Å². The Kier molecular flexibility index (Phi) is 1.85. The molecule has 0 amide bonds. The number of ether oxygens (including phenoxy) is 1. The number of para-hydroxylation sites is 1. The first-order valence-electron chi connectivity index (χ1n) is 3.94. The maximum atomic E-state index is 8.54. The van der Waals surface area contributed by atoms with E-state index >= 15 is 0 Å². The third kappa shape index (κ3) is 1.32. The van der Waals surface area contributed by atoms with E-state index in [2.05, 4.69) is 0 Å². The SMILES string of the molecule is N#C/C=C1\C=COc2ccccc21. The van der Waals surface area contributed by atoms with Gasteiger partial charge in [-0.2, -0.15) is 5.26 Å². The number of rotatable bonds is 0. The number of hydrogen-bond acceptors (Lipinski definition) is 2. The summed E-state index contributed by atoms with van der Waals surface area (Å²) in [6.45, 7) is 0. The minimum Gasteiger partial charge on any atom is -0.464 e. The van der Waals surface area contributed by atoms with E-state index in [4.69, 9.17) is 10.00 Å². The number of hydrogen-bond donors (Lipinski definition) is 0. The van der Waals surface area contributed by atoms with Crippen LogP contribution in [0.25, 0.3) is 5.57 Å². The highest BCUT2D eigenvalue weighted by atomic mass is 16.5. The van der Waals surface area contributed by atoms with E-state index in [1.54, 1.807) is 12.3 Å². The number of fused-ring (bicyclic) bond motifs is 1. The summed E-state index contributed by atoms with van der Waals surface area (Å²) in [7, 11) is 0. The molecule has 0 aromatic heterocycles. The zero-order valence-corrected chi connectivity index (χ0v) is 6.90. The predicted octanol–water partition coefficient (Wildman–Crippen LogP) is 2.50. The number of nitriles is 1. The van der Waals surface area contributed by atoms with Crippen LogP contribution in [0.1, 0.15) is 5.56 Å². The first-order valence-corrected chi connectivity index (χ1v) is 3.94. The van der Waals surface area contributed by atoms with Crippen molar-refractivity contribution in [2.24, 2.45) is 0 Å². The van der Waals surface area contributed by atoms with Crippen LogP contribution in [0.5, 0.6) is 5.75 Å². The van der Waals surface area contributed by atoms with Crippen molar-refractivity contribution in [3.8, 4) is 11.8 Å². The van der Waals surface area contributed by atoms with Gasteiger partial charge in [-0.25, -0.2) is 0 Å². The maximum absolute atomic E-state index is 8.54. The Bertz CT molecular complexity index is 424. The van der Waals surface area contributed by atoms with Crippen molar-refractivity contribution in [3.05, 3.63) is 48.2 Å². The van der Waals surface area contributed by atoms with Gasteiger partial charge in [-0.15, -0.1) is 0 Å². The Morgan fingerprint density at radius 2 is 2.15 bits per heavy atom. The third-order valence-corrected chi connectivity index (χ3v) is 1.86. The largest absolute Gasteiger partial charge is 0.464 e. The summed E-state index contributed by atoms with van der Waals surface area (Å²) in [5, 5.41) is 8.54. The normalized spacial score (nSPS) is 16.1. The summed E-state index contributed by atoms with van der Waals surface area (Å²) in [5.41, 5.74) is 1.86. The highest BCUT2D eigenvalue weighted by molar-refractivity contribution is 5.80. The summed E-state index contributed by atoms with van der Waals surface area (Å²) in [6, 6.07) is 9.65. The van der Waals surface area contributed by atoms with Gasteiger partial charge < -0.3 is 4.74 Å². The van der Waals surface area contributed by atoms with Gasteiger partial charge >= 0.3 is 0 Å². The van der Waals surface area contributed by atoms with Gasteiger partial charge in [-0.1, -0.05) is 18.2 Å². The molecule has 1 heterocycles. The Balaban J connectivity index is 2.56. The van der Waals surface area contributed by atoms with Crippen LogP contribution in [0.3, 0.4) is 0 Å². The quantitative estimate of drug-likeness (QED) is 0.559. The second kappa shape index (κ2) is 3.16. The summed E-state index contributed by atoms with van der Waals surface area (Å²) >= 11 is 0. The molecule has 1 aliphatic heterocycles. The molecule has 0 N–H and O–H groups in total. The minimum atomic E-state index is 0.798. The van der Waals surface area contributed by atoms with E-state index in [1.807, 2.05) is 30.3 Å². The number of benzene rings is 1. The first kappa shape index (κ1) is 7.63. The number of nitrogens with zero attached hydrogens (tertiary/aromatic N) is 1. The average molecular weight is 169 g/mol. The molecule has 2 nitrogen and oxygen atoms in total. The van der Waals surface area contributed by atoms with Crippen molar-refractivity contribution in [1.82, 2.24) is 0 Å². The molecule has 1 aliphatic rings. The van der Waals surface area contributed by atoms with E-state index in [9.17, 15) is 0 Å². The molecule has 62 valence electrons. The van der Waals surface area contributed by atoms with Gasteiger partial charge in [0, 0.05) is 11.6 Å². The van der Waals surface area contributed by atoms with Gasteiger partial charge in [0.15, 0.2) is 0 Å². The molecule has 0 aliphatic carbocycles. The second-order valence-electron chi connectivity index (χ2n) is 2.65. The van der Waals surface area contributed by atoms with Gasteiger partial charge in [-0.3, -0.25) is 0 Å². The van der Waals surface area contributed by atoms with Crippen molar-refractivity contribution < 1.29 is 4.74 Å². The molecule has 0 atom stereocenters. The zero-order chi connectivity index (χ0) is 9.10. The highest BCUT2D eigenvalue weighted by Crippen LogP contribution is 2.30. The molecule has 2 rings (SSSR count). The molecule has 0 radical (unpaired) electrons. The minimum absolute atomic E-state index is 0.798. The van der Waals surface area contributed by atoms with Crippen molar-refractivity contribution in [2.75, 3.05) is 0 Å². The van der Waals surface area contributed by atoms with Crippen molar-refractivity contribution >= 4 is 5.57 Å². The smallest absolute Gasteiger partial charge is 0.134 e. The van der Waals surface area contributed by atoms with Gasteiger partial charge in [-0.05, 0) is 17.7 Å². The van der Waals surface area contributed by atoms with E-state index in [0.717, 1.165) is 16.9 Å². The monoisotopic (exact) mass is 169 g/mol. The van der Waals surface area contributed by atoms with Crippen LogP contribution >= 0.6 is 0 Å². The molecule has 0 bridgehead atoms. The lowest BCUT2D eigenvalue weighted by Crippen LogP contribution is -1.94. The summed E-state index contributed by atoms with van der Waals surface area (Å²) in [6.07, 6.45) is 4.88. The summed E-state index contributed by atoms with van der Waals surface area (Å²) in [5.74, 6) is 0.798. The molecular formula is C11H7NO. The van der Waals surface area contributed by atoms with Crippen molar-refractivity contribution in [1.29, 1.82) is 5.26 Å². The average Bonchev–Trinajstić information content (AvgIpc) is 2.19.